The number of nitrogens with zero attached hydrogens (tertiary/aromatic N) is 2. The molecule has 0 N–H and O–H groups in total. The molecule has 2 amide bonds. The summed E-state index contributed by atoms with van der Waals surface area (Å²) in [4.78, 5) is 40.1. The van der Waals surface area contributed by atoms with Crippen LogP contribution in [0, 0.1) is 5.92 Å². The van der Waals surface area contributed by atoms with Crippen molar-refractivity contribution in [1.82, 2.24) is 4.90 Å². The second kappa shape index (κ2) is 8.07. The molecule has 26 heavy (non-hydrogen) atoms. The first-order chi connectivity index (χ1) is 12.5. The number of ether oxygens (including phenoxy) is 2. The van der Waals surface area contributed by atoms with E-state index < -0.39 is 0 Å². The minimum absolute atomic E-state index is 0.0631. The average Bonchev–Trinajstić information content (AvgIpc) is 2.64. The molecule has 1 aromatic rings. The number of benzene rings is 1. The lowest BCUT2D eigenvalue weighted by Gasteiger charge is -2.34. The number of esters is 1. The van der Waals surface area contributed by atoms with E-state index >= 15 is 0 Å². The summed E-state index contributed by atoms with van der Waals surface area (Å²) in [5.41, 5.74) is 0.580. The van der Waals surface area contributed by atoms with E-state index in [1.165, 1.54) is 4.90 Å². The lowest BCUT2D eigenvalue weighted by molar-refractivity contribution is -0.151. The number of rotatable bonds is 4. The Hall–Kier alpha value is -2.09. The number of carbonyl (C=O) groups excluding carboxylic acids is 3. The molecule has 0 radical (unpaired) electrons. The van der Waals surface area contributed by atoms with Crippen LogP contribution in [0.15, 0.2) is 22.7 Å². The third-order valence-electron chi connectivity index (χ3n) is 4.55. The molecule has 1 fully saturated rings. The highest BCUT2D eigenvalue weighted by atomic mass is 79.9. The topological polar surface area (TPSA) is 76.2 Å². The molecule has 0 spiro atoms. The van der Waals surface area contributed by atoms with E-state index in [9.17, 15) is 14.4 Å². The lowest BCUT2D eigenvalue weighted by atomic mass is 9.98. The van der Waals surface area contributed by atoms with Gasteiger partial charge in [-0.3, -0.25) is 19.3 Å². The van der Waals surface area contributed by atoms with Crippen LogP contribution in [-0.2, 0) is 19.1 Å². The molecule has 1 atom stereocenters. The number of hydrogen-bond donors (Lipinski definition) is 0. The van der Waals surface area contributed by atoms with Crippen LogP contribution >= 0.6 is 15.9 Å². The van der Waals surface area contributed by atoms with Gasteiger partial charge in [-0.2, -0.15) is 0 Å². The molecule has 1 unspecified atom stereocenters. The molecule has 0 aromatic heterocycles. The number of piperidine rings is 1. The van der Waals surface area contributed by atoms with Crippen molar-refractivity contribution in [2.45, 2.75) is 19.8 Å². The second-order valence-corrected chi connectivity index (χ2v) is 7.23. The molecule has 7 nitrogen and oxygen atoms in total. The highest BCUT2D eigenvalue weighted by Gasteiger charge is 2.33. The average molecular weight is 425 g/mol. The van der Waals surface area contributed by atoms with Crippen LogP contribution in [0.1, 0.15) is 19.8 Å². The van der Waals surface area contributed by atoms with Crippen molar-refractivity contribution in [3.8, 4) is 5.75 Å². The Labute approximate surface area is 160 Å². The van der Waals surface area contributed by atoms with Crippen molar-refractivity contribution >= 4 is 39.4 Å². The third kappa shape index (κ3) is 4.00. The van der Waals surface area contributed by atoms with Crippen LogP contribution in [0.2, 0.25) is 0 Å². The SMILES string of the molecule is CCOC(=O)C1CCCN(C(=O)CN2C(=O)COc3cc(Br)ccc32)C1. The van der Waals surface area contributed by atoms with Crippen molar-refractivity contribution in [1.29, 1.82) is 0 Å². The summed E-state index contributed by atoms with van der Waals surface area (Å²) in [6, 6.07) is 5.33. The molecule has 140 valence electrons. The number of hydrogen-bond acceptors (Lipinski definition) is 5. The molecule has 0 aliphatic carbocycles. The fourth-order valence-corrected chi connectivity index (χ4v) is 3.58. The van der Waals surface area contributed by atoms with E-state index in [-0.39, 0.29) is 36.9 Å². The molecule has 1 saturated heterocycles. The fourth-order valence-electron chi connectivity index (χ4n) is 3.24. The van der Waals surface area contributed by atoms with Crippen molar-refractivity contribution in [3.05, 3.63) is 22.7 Å². The van der Waals surface area contributed by atoms with Crippen LogP contribution in [-0.4, -0.2) is 55.5 Å². The van der Waals surface area contributed by atoms with Gasteiger partial charge in [0.2, 0.25) is 5.91 Å². The first-order valence-electron chi connectivity index (χ1n) is 8.66. The van der Waals surface area contributed by atoms with E-state index in [1.807, 2.05) is 0 Å². The molecule has 2 heterocycles. The van der Waals surface area contributed by atoms with Gasteiger partial charge in [-0.05, 0) is 38.0 Å². The van der Waals surface area contributed by atoms with Gasteiger partial charge in [0.25, 0.3) is 5.91 Å². The minimum atomic E-state index is -0.295. The van der Waals surface area contributed by atoms with Gasteiger partial charge in [-0.25, -0.2) is 0 Å². The largest absolute Gasteiger partial charge is 0.482 e. The molecule has 1 aromatic carbocycles. The van der Waals surface area contributed by atoms with E-state index in [2.05, 4.69) is 15.9 Å². The maximum Gasteiger partial charge on any atom is 0.310 e. The standard InChI is InChI=1S/C18H21BrN2O5/c1-2-25-18(24)12-4-3-7-20(9-12)16(22)10-21-14-6-5-13(19)8-15(14)26-11-17(21)23/h5-6,8,12H,2-4,7,9-11H2,1H3. The van der Waals surface area contributed by atoms with E-state index in [0.717, 1.165) is 17.3 Å². The lowest BCUT2D eigenvalue weighted by Crippen LogP contribution is -2.49. The zero-order valence-electron chi connectivity index (χ0n) is 14.6. The Kier molecular flexibility index (Phi) is 5.80. The van der Waals surface area contributed by atoms with Crippen LogP contribution < -0.4 is 9.64 Å². The quantitative estimate of drug-likeness (QED) is 0.690. The van der Waals surface area contributed by atoms with Gasteiger partial charge in [0, 0.05) is 17.6 Å². The van der Waals surface area contributed by atoms with Gasteiger partial charge in [0.15, 0.2) is 6.61 Å². The minimum Gasteiger partial charge on any atom is -0.482 e. The van der Waals surface area contributed by atoms with E-state index in [0.29, 0.717) is 31.1 Å². The van der Waals surface area contributed by atoms with E-state index in [1.54, 1.807) is 30.0 Å². The first kappa shape index (κ1) is 18.7. The van der Waals surface area contributed by atoms with Gasteiger partial charge in [-0.1, -0.05) is 15.9 Å². The normalized spacial score (nSPS) is 19.6. The molecule has 2 aliphatic heterocycles. The summed E-state index contributed by atoms with van der Waals surface area (Å²) in [6.07, 6.45) is 1.46. The van der Waals surface area contributed by atoms with Gasteiger partial charge in [0.05, 0.1) is 18.2 Å². The number of likely N-dealkylation sites (tertiary alicyclic amines) is 1. The molecule has 0 saturated carbocycles. The second-order valence-electron chi connectivity index (χ2n) is 6.31. The van der Waals surface area contributed by atoms with Gasteiger partial charge < -0.3 is 14.4 Å². The monoisotopic (exact) mass is 424 g/mol. The Morgan fingerprint density at radius 3 is 2.96 bits per heavy atom. The van der Waals surface area contributed by atoms with Crippen LogP contribution in [0.25, 0.3) is 0 Å². The Morgan fingerprint density at radius 2 is 2.19 bits per heavy atom. The highest BCUT2D eigenvalue weighted by Crippen LogP contribution is 2.34. The van der Waals surface area contributed by atoms with Crippen molar-refractivity contribution < 1.29 is 23.9 Å². The molecule has 8 heteroatoms. The first-order valence-corrected chi connectivity index (χ1v) is 9.46. The van der Waals surface area contributed by atoms with Crippen molar-refractivity contribution in [2.75, 3.05) is 37.7 Å². The summed E-state index contributed by atoms with van der Waals surface area (Å²) in [5.74, 6) is -0.427. The van der Waals surface area contributed by atoms with Crippen LogP contribution in [0.5, 0.6) is 5.75 Å². The summed E-state index contributed by atoms with van der Waals surface area (Å²) >= 11 is 3.37. The third-order valence-corrected chi connectivity index (χ3v) is 5.05. The summed E-state index contributed by atoms with van der Waals surface area (Å²) in [5, 5.41) is 0. The maximum atomic E-state index is 12.7. The predicted octanol–water partition coefficient (Wildman–Crippen LogP) is 1.98. The Morgan fingerprint density at radius 1 is 1.38 bits per heavy atom. The molecular weight excluding hydrogens is 404 g/mol. The van der Waals surface area contributed by atoms with Crippen LogP contribution in [0.3, 0.4) is 0 Å². The molecule has 3 rings (SSSR count). The van der Waals surface area contributed by atoms with Gasteiger partial charge in [-0.15, -0.1) is 0 Å². The smallest absolute Gasteiger partial charge is 0.310 e. The van der Waals surface area contributed by atoms with Crippen molar-refractivity contribution in [2.24, 2.45) is 5.92 Å². The number of carbonyl (C=O) groups is 3. The molecular formula is C18H21BrN2O5. The van der Waals surface area contributed by atoms with Crippen LogP contribution in [0.4, 0.5) is 5.69 Å². The number of fused-ring (bicyclic) bond motifs is 1. The number of halogens is 1. The Bertz CT molecular complexity index is 724. The number of amides is 2. The zero-order chi connectivity index (χ0) is 18.7. The maximum absolute atomic E-state index is 12.7. The summed E-state index contributed by atoms with van der Waals surface area (Å²) in [6.45, 7) is 2.86. The molecule has 0 bridgehead atoms. The summed E-state index contributed by atoms with van der Waals surface area (Å²) in [7, 11) is 0. The zero-order valence-corrected chi connectivity index (χ0v) is 16.2. The highest BCUT2D eigenvalue weighted by molar-refractivity contribution is 9.10. The molecule has 2 aliphatic rings. The predicted molar refractivity (Wildman–Crippen MR) is 97.9 cm³/mol. The summed E-state index contributed by atoms with van der Waals surface area (Å²) < 4.78 is 11.4. The Balaban J connectivity index is 1.70. The number of anilines is 1. The van der Waals surface area contributed by atoms with E-state index in [4.69, 9.17) is 9.47 Å². The van der Waals surface area contributed by atoms with Crippen molar-refractivity contribution in [3.63, 3.8) is 0 Å². The van der Waals surface area contributed by atoms with Gasteiger partial charge >= 0.3 is 5.97 Å². The fraction of sp³-hybridized carbons (Fsp3) is 0.500. The van der Waals surface area contributed by atoms with Gasteiger partial charge in [0.1, 0.15) is 12.3 Å².